The van der Waals surface area contributed by atoms with Crippen molar-refractivity contribution in [3.8, 4) is 0 Å². The molecule has 0 aromatic heterocycles. The van der Waals surface area contributed by atoms with Gasteiger partial charge in [-0.15, -0.1) is 0 Å². The number of likely N-dealkylation sites (N-methyl/N-ethyl adjacent to an activating group) is 1. The molecule has 1 aliphatic carbocycles. The first-order chi connectivity index (χ1) is 17.6. The lowest BCUT2D eigenvalue weighted by Crippen LogP contribution is -2.48. The Balaban J connectivity index is 1.34. The van der Waals surface area contributed by atoms with E-state index in [1.807, 2.05) is 18.2 Å². The van der Waals surface area contributed by atoms with Crippen molar-refractivity contribution in [2.75, 3.05) is 51.2 Å². The summed E-state index contributed by atoms with van der Waals surface area (Å²) in [4.78, 5) is 18.0. The zero-order valence-electron chi connectivity index (χ0n) is 22.8. The fraction of sp³-hybridized carbons (Fsp3) is 0.516. The summed E-state index contributed by atoms with van der Waals surface area (Å²) in [7, 11) is 0.970. The third-order valence-corrected chi connectivity index (χ3v) is 9.94. The van der Waals surface area contributed by atoms with Gasteiger partial charge in [0.1, 0.15) is 11.0 Å². The molecule has 2 aliphatic heterocycles. The number of nitrogens with zero attached hydrogens (tertiary/aromatic N) is 3. The molecule has 5 rings (SSSR count). The molecular weight excluding hydrogens is 478 g/mol. The highest BCUT2D eigenvalue weighted by molar-refractivity contribution is 7.82. The van der Waals surface area contributed by atoms with Gasteiger partial charge in [-0.3, -0.25) is 4.79 Å². The average molecular weight is 520 g/mol. The number of piperazine rings is 1. The highest BCUT2D eigenvalue weighted by atomic mass is 32.2. The summed E-state index contributed by atoms with van der Waals surface area (Å²) in [5.74, 6) is 0.239. The van der Waals surface area contributed by atoms with E-state index in [0.717, 1.165) is 63.4 Å². The largest absolute Gasteiger partial charge is 0.369 e. The number of hydrogen-bond acceptors (Lipinski definition) is 4. The first-order valence-corrected chi connectivity index (χ1v) is 14.8. The quantitative estimate of drug-likeness (QED) is 0.559. The lowest BCUT2D eigenvalue weighted by Gasteiger charge is -2.46. The van der Waals surface area contributed by atoms with E-state index < -0.39 is 11.0 Å². The van der Waals surface area contributed by atoms with Gasteiger partial charge >= 0.3 is 0 Å². The van der Waals surface area contributed by atoms with Gasteiger partial charge in [0.2, 0.25) is 0 Å². The third-order valence-electron chi connectivity index (χ3n) is 8.48. The molecule has 0 saturated carbocycles. The van der Waals surface area contributed by atoms with Crippen LogP contribution in [0.1, 0.15) is 51.2 Å². The molecular formula is C31H41N3O2S. The fourth-order valence-corrected chi connectivity index (χ4v) is 7.31. The van der Waals surface area contributed by atoms with Crippen LogP contribution in [0.15, 0.2) is 65.1 Å². The van der Waals surface area contributed by atoms with Gasteiger partial charge in [0.15, 0.2) is 5.78 Å². The van der Waals surface area contributed by atoms with E-state index >= 15 is 0 Å². The number of allylic oxidation sites excluding steroid dienone is 1. The predicted octanol–water partition coefficient (Wildman–Crippen LogP) is 4.98. The van der Waals surface area contributed by atoms with E-state index in [1.165, 1.54) is 22.4 Å². The molecule has 198 valence electrons. The van der Waals surface area contributed by atoms with Crippen molar-refractivity contribution in [2.45, 2.75) is 56.8 Å². The van der Waals surface area contributed by atoms with Crippen LogP contribution in [-0.2, 0) is 27.6 Å². The van der Waals surface area contributed by atoms with Crippen LogP contribution in [0.3, 0.4) is 0 Å². The van der Waals surface area contributed by atoms with Crippen LogP contribution in [-0.4, -0.2) is 65.5 Å². The average Bonchev–Trinajstić information content (AvgIpc) is 2.89. The molecule has 2 heterocycles. The van der Waals surface area contributed by atoms with Crippen LogP contribution in [0, 0.1) is 5.41 Å². The third kappa shape index (κ3) is 5.76. The Morgan fingerprint density at radius 1 is 0.892 bits per heavy atom. The van der Waals surface area contributed by atoms with Crippen LogP contribution < -0.4 is 4.90 Å². The summed E-state index contributed by atoms with van der Waals surface area (Å²) in [6.45, 7) is 12.4. The van der Waals surface area contributed by atoms with Crippen molar-refractivity contribution in [3.05, 3.63) is 71.3 Å². The number of fused-ring (bicyclic) bond motifs is 1. The minimum absolute atomic E-state index is 0.0729. The lowest BCUT2D eigenvalue weighted by molar-refractivity contribution is -0.116. The molecule has 0 bridgehead atoms. The van der Waals surface area contributed by atoms with Crippen molar-refractivity contribution in [1.29, 1.82) is 0 Å². The van der Waals surface area contributed by atoms with Gasteiger partial charge < -0.3 is 9.80 Å². The van der Waals surface area contributed by atoms with Gasteiger partial charge in [-0.2, -0.15) is 0 Å². The molecule has 2 aromatic rings. The zero-order chi connectivity index (χ0) is 26.2. The SMILES string of the molecule is CN1CCN(c2ccc(CC34CCC(=O)C=C3CCN(S(=O)c3ccc(C(C)(C)C)cc3)C4)cc2)CC1. The van der Waals surface area contributed by atoms with Gasteiger partial charge in [0, 0.05) is 56.8 Å². The molecule has 2 atom stereocenters. The maximum atomic E-state index is 13.7. The summed E-state index contributed by atoms with van der Waals surface area (Å²) in [6, 6.07) is 17.3. The number of carbonyl (C=O) groups is 1. The monoisotopic (exact) mass is 519 g/mol. The molecule has 0 spiro atoms. The van der Waals surface area contributed by atoms with Crippen LogP contribution in [0.25, 0.3) is 0 Å². The molecule has 2 unspecified atom stereocenters. The summed E-state index contributed by atoms with van der Waals surface area (Å²) < 4.78 is 15.8. The van der Waals surface area contributed by atoms with Crippen molar-refractivity contribution < 1.29 is 9.00 Å². The number of piperidine rings is 1. The molecule has 0 radical (unpaired) electrons. The second-order valence-electron chi connectivity index (χ2n) is 12.2. The van der Waals surface area contributed by atoms with E-state index in [-0.39, 0.29) is 16.6 Å². The number of anilines is 1. The maximum Gasteiger partial charge on any atom is 0.155 e. The van der Waals surface area contributed by atoms with Crippen molar-refractivity contribution >= 4 is 22.5 Å². The van der Waals surface area contributed by atoms with Crippen molar-refractivity contribution in [1.82, 2.24) is 9.21 Å². The van der Waals surface area contributed by atoms with Crippen LogP contribution in [0.2, 0.25) is 0 Å². The Morgan fingerprint density at radius 3 is 2.22 bits per heavy atom. The summed E-state index contributed by atoms with van der Waals surface area (Å²) in [5.41, 5.74) is 5.02. The van der Waals surface area contributed by atoms with E-state index in [0.29, 0.717) is 6.42 Å². The van der Waals surface area contributed by atoms with Crippen LogP contribution in [0.5, 0.6) is 0 Å². The van der Waals surface area contributed by atoms with Gasteiger partial charge in [-0.1, -0.05) is 50.6 Å². The molecule has 37 heavy (non-hydrogen) atoms. The molecule has 2 saturated heterocycles. The zero-order valence-corrected chi connectivity index (χ0v) is 23.7. The summed E-state index contributed by atoms with van der Waals surface area (Å²) in [5, 5.41) is 0. The smallest absolute Gasteiger partial charge is 0.155 e. The first-order valence-electron chi connectivity index (χ1n) is 13.7. The number of rotatable bonds is 5. The Hall–Kier alpha value is -2.28. The second kappa shape index (κ2) is 10.5. The van der Waals surface area contributed by atoms with Gasteiger partial charge in [-0.05, 0) is 73.2 Å². The molecule has 2 fully saturated rings. The van der Waals surface area contributed by atoms with Crippen molar-refractivity contribution in [2.24, 2.45) is 5.41 Å². The highest BCUT2D eigenvalue weighted by Gasteiger charge is 2.43. The van der Waals surface area contributed by atoms with Crippen LogP contribution >= 0.6 is 0 Å². The lowest BCUT2D eigenvalue weighted by atomic mass is 9.66. The Morgan fingerprint density at radius 2 is 1.57 bits per heavy atom. The standard InChI is InChI=1S/C31H41N3O2S/c1-30(2,3)25-7-11-29(12-8-25)37(36)34-16-14-26-21-28(35)13-15-31(26,23-34)22-24-5-9-27(10-6-24)33-19-17-32(4)18-20-33/h5-12,21H,13-20,22-23H2,1-4H3. The molecule has 0 N–H and O–H groups in total. The Bertz CT molecular complexity index is 1170. The van der Waals surface area contributed by atoms with Crippen LogP contribution in [0.4, 0.5) is 5.69 Å². The topological polar surface area (TPSA) is 43.9 Å². The minimum Gasteiger partial charge on any atom is -0.369 e. The number of hydrogen-bond donors (Lipinski definition) is 0. The predicted molar refractivity (Wildman–Crippen MR) is 152 cm³/mol. The fourth-order valence-electron chi connectivity index (χ4n) is 6.02. The first kappa shape index (κ1) is 26.3. The number of ketones is 1. The molecule has 2 aromatic carbocycles. The maximum absolute atomic E-state index is 13.7. The minimum atomic E-state index is -1.21. The summed E-state index contributed by atoms with van der Waals surface area (Å²) in [6.07, 6.45) is 4.99. The van der Waals surface area contributed by atoms with Crippen molar-refractivity contribution in [3.63, 3.8) is 0 Å². The van der Waals surface area contributed by atoms with Gasteiger partial charge in [-0.25, -0.2) is 8.51 Å². The second-order valence-corrected chi connectivity index (χ2v) is 13.7. The summed E-state index contributed by atoms with van der Waals surface area (Å²) >= 11 is 0. The van der Waals surface area contributed by atoms with Gasteiger partial charge in [0.05, 0.1) is 4.90 Å². The van der Waals surface area contributed by atoms with E-state index in [9.17, 15) is 9.00 Å². The van der Waals surface area contributed by atoms with E-state index in [1.54, 1.807) is 0 Å². The van der Waals surface area contributed by atoms with E-state index in [4.69, 9.17) is 0 Å². The number of carbonyl (C=O) groups excluding carboxylic acids is 1. The molecule has 0 amide bonds. The van der Waals surface area contributed by atoms with E-state index in [2.05, 4.69) is 78.3 Å². The normalized spacial score (nSPS) is 24.5. The number of benzene rings is 2. The Labute approximate surface area is 225 Å². The van der Waals surface area contributed by atoms with Gasteiger partial charge in [0.25, 0.3) is 0 Å². The Kier molecular flexibility index (Phi) is 7.45. The molecule has 5 nitrogen and oxygen atoms in total. The molecule has 6 heteroatoms. The molecule has 3 aliphatic rings. The highest BCUT2D eigenvalue weighted by Crippen LogP contribution is 2.45.